The maximum Gasteiger partial charge on any atom is 0.238 e. The van der Waals surface area contributed by atoms with Crippen LogP contribution in [-0.4, -0.2) is 12.5 Å². The van der Waals surface area contributed by atoms with Gasteiger partial charge in [-0.2, -0.15) is 0 Å². The molecule has 0 aliphatic carbocycles. The summed E-state index contributed by atoms with van der Waals surface area (Å²) in [5, 5.41) is 6.93. The zero-order chi connectivity index (χ0) is 16.8. The quantitative estimate of drug-likeness (QED) is 0.720. The SMILES string of the molecule is CC(C)C(NCC(=O)Nc1ccccc1Br)c1ccc(Cl)cc1. The normalized spacial score (nSPS) is 12.2. The first-order valence-electron chi connectivity index (χ1n) is 7.50. The highest BCUT2D eigenvalue weighted by Crippen LogP contribution is 2.24. The van der Waals surface area contributed by atoms with Crippen molar-refractivity contribution in [1.29, 1.82) is 0 Å². The van der Waals surface area contributed by atoms with Gasteiger partial charge in [0.15, 0.2) is 0 Å². The van der Waals surface area contributed by atoms with Crippen LogP contribution in [0.3, 0.4) is 0 Å². The molecule has 0 bridgehead atoms. The van der Waals surface area contributed by atoms with Gasteiger partial charge in [0.05, 0.1) is 12.2 Å². The van der Waals surface area contributed by atoms with Crippen LogP contribution in [0.25, 0.3) is 0 Å². The summed E-state index contributed by atoms with van der Waals surface area (Å²) in [5.41, 5.74) is 1.89. The Hall–Kier alpha value is -1.36. The summed E-state index contributed by atoms with van der Waals surface area (Å²) >= 11 is 9.36. The summed E-state index contributed by atoms with van der Waals surface area (Å²) in [7, 11) is 0. The van der Waals surface area contributed by atoms with Crippen molar-refractivity contribution in [1.82, 2.24) is 5.32 Å². The fraction of sp³-hybridized carbons (Fsp3) is 0.278. The van der Waals surface area contributed by atoms with Crippen molar-refractivity contribution in [2.75, 3.05) is 11.9 Å². The van der Waals surface area contributed by atoms with E-state index >= 15 is 0 Å². The van der Waals surface area contributed by atoms with Crippen molar-refractivity contribution < 1.29 is 4.79 Å². The first-order chi connectivity index (χ1) is 11.0. The molecule has 2 aromatic rings. The first kappa shape index (κ1) is 18.0. The molecule has 5 heteroatoms. The smallest absolute Gasteiger partial charge is 0.238 e. The number of rotatable bonds is 6. The van der Waals surface area contributed by atoms with E-state index in [1.54, 1.807) is 0 Å². The molecule has 1 unspecified atom stereocenters. The van der Waals surface area contributed by atoms with Gasteiger partial charge in [0.1, 0.15) is 0 Å². The van der Waals surface area contributed by atoms with E-state index in [-0.39, 0.29) is 18.5 Å². The van der Waals surface area contributed by atoms with Crippen LogP contribution in [0.4, 0.5) is 5.69 Å². The Morgan fingerprint density at radius 2 is 1.78 bits per heavy atom. The van der Waals surface area contributed by atoms with Gasteiger partial charge in [-0.05, 0) is 51.7 Å². The van der Waals surface area contributed by atoms with Crippen molar-refractivity contribution in [3.8, 4) is 0 Å². The molecule has 0 aliphatic heterocycles. The molecule has 2 rings (SSSR count). The Kier molecular flexibility index (Phi) is 6.63. The first-order valence-corrected chi connectivity index (χ1v) is 8.67. The standard InChI is InChI=1S/C18H20BrClN2O/c1-12(2)18(13-7-9-14(20)10-8-13)21-11-17(23)22-16-6-4-3-5-15(16)19/h3-10,12,18,21H,11H2,1-2H3,(H,22,23). The van der Waals surface area contributed by atoms with Gasteiger partial charge in [0, 0.05) is 15.5 Å². The monoisotopic (exact) mass is 394 g/mol. The molecule has 2 aromatic carbocycles. The van der Waals surface area contributed by atoms with Crippen LogP contribution in [0.5, 0.6) is 0 Å². The molecule has 1 amide bonds. The van der Waals surface area contributed by atoms with Crippen LogP contribution in [0.1, 0.15) is 25.5 Å². The highest BCUT2D eigenvalue weighted by Gasteiger charge is 2.16. The van der Waals surface area contributed by atoms with Gasteiger partial charge in [-0.1, -0.05) is 49.7 Å². The highest BCUT2D eigenvalue weighted by atomic mass is 79.9. The Morgan fingerprint density at radius 3 is 2.39 bits per heavy atom. The number of halogens is 2. The minimum absolute atomic E-state index is 0.0727. The van der Waals surface area contributed by atoms with Gasteiger partial charge in [0.25, 0.3) is 0 Å². The highest BCUT2D eigenvalue weighted by molar-refractivity contribution is 9.10. The molecule has 122 valence electrons. The maximum atomic E-state index is 12.2. The number of carbonyl (C=O) groups is 1. The summed E-state index contributed by atoms with van der Waals surface area (Å²) in [6.45, 7) is 4.49. The van der Waals surface area contributed by atoms with E-state index in [1.807, 2.05) is 48.5 Å². The average molecular weight is 396 g/mol. The molecule has 0 saturated carbocycles. The Balaban J connectivity index is 1.97. The van der Waals surface area contributed by atoms with E-state index < -0.39 is 0 Å². The second-order valence-electron chi connectivity index (χ2n) is 5.68. The lowest BCUT2D eigenvalue weighted by Gasteiger charge is -2.23. The zero-order valence-corrected chi connectivity index (χ0v) is 15.5. The summed E-state index contributed by atoms with van der Waals surface area (Å²) in [4.78, 5) is 12.2. The van der Waals surface area contributed by atoms with Gasteiger partial charge in [-0.3, -0.25) is 4.79 Å². The van der Waals surface area contributed by atoms with Gasteiger partial charge in [-0.15, -0.1) is 0 Å². The van der Waals surface area contributed by atoms with Crippen LogP contribution < -0.4 is 10.6 Å². The topological polar surface area (TPSA) is 41.1 Å². The number of hydrogen-bond donors (Lipinski definition) is 2. The average Bonchev–Trinajstić information content (AvgIpc) is 2.51. The van der Waals surface area contributed by atoms with E-state index in [0.29, 0.717) is 10.9 Å². The van der Waals surface area contributed by atoms with Crippen molar-refractivity contribution in [3.63, 3.8) is 0 Å². The number of hydrogen-bond acceptors (Lipinski definition) is 2. The summed E-state index contributed by atoms with van der Waals surface area (Å²) in [6.07, 6.45) is 0. The molecule has 0 saturated heterocycles. The van der Waals surface area contributed by atoms with Crippen LogP contribution in [0.2, 0.25) is 5.02 Å². The molecule has 0 aliphatic rings. The Morgan fingerprint density at radius 1 is 1.13 bits per heavy atom. The Labute approximate surface area is 150 Å². The number of carbonyl (C=O) groups excluding carboxylic acids is 1. The lowest BCUT2D eigenvalue weighted by molar-refractivity contribution is -0.115. The zero-order valence-electron chi connectivity index (χ0n) is 13.1. The number of benzene rings is 2. The predicted octanol–water partition coefficient (Wildman–Crippen LogP) is 5.03. The van der Waals surface area contributed by atoms with Gasteiger partial charge < -0.3 is 10.6 Å². The molecular formula is C18H20BrClN2O. The number of anilines is 1. The third-order valence-electron chi connectivity index (χ3n) is 3.53. The summed E-state index contributed by atoms with van der Waals surface area (Å²) < 4.78 is 0.867. The molecule has 0 heterocycles. The molecule has 23 heavy (non-hydrogen) atoms. The van der Waals surface area contributed by atoms with Gasteiger partial charge in [-0.25, -0.2) is 0 Å². The fourth-order valence-electron chi connectivity index (χ4n) is 2.37. The van der Waals surface area contributed by atoms with Crippen LogP contribution >= 0.6 is 27.5 Å². The van der Waals surface area contributed by atoms with Crippen molar-refractivity contribution in [2.24, 2.45) is 5.92 Å². The number of amides is 1. The molecule has 0 aromatic heterocycles. The maximum absolute atomic E-state index is 12.2. The second-order valence-corrected chi connectivity index (χ2v) is 6.97. The van der Waals surface area contributed by atoms with E-state index in [4.69, 9.17) is 11.6 Å². The minimum Gasteiger partial charge on any atom is -0.324 e. The molecule has 3 nitrogen and oxygen atoms in total. The van der Waals surface area contributed by atoms with Gasteiger partial charge >= 0.3 is 0 Å². The molecule has 0 spiro atoms. The Bertz CT molecular complexity index is 658. The van der Waals surface area contributed by atoms with Crippen molar-refractivity contribution in [3.05, 3.63) is 63.6 Å². The lowest BCUT2D eigenvalue weighted by atomic mass is 9.96. The van der Waals surface area contributed by atoms with Crippen LogP contribution in [0, 0.1) is 5.92 Å². The fourth-order valence-corrected chi connectivity index (χ4v) is 2.88. The van der Waals surface area contributed by atoms with Crippen LogP contribution in [-0.2, 0) is 4.79 Å². The molecular weight excluding hydrogens is 376 g/mol. The minimum atomic E-state index is -0.0727. The second kappa shape index (κ2) is 8.48. The molecule has 0 radical (unpaired) electrons. The molecule has 0 fully saturated rings. The lowest BCUT2D eigenvalue weighted by Crippen LogP contribution is -2.33. The summed E-state index contributed by atoms with van der Waals surface area (Å²) in [6, 6.07) is 15.4. The van der Waals surface area contributed by atoms with Crippen molar-refractivity contribution >= 4 is 39.1 Å². The molecule has 1 atom stereocenters. The van der Waals surface area contributed by atoms with Crippen molar-refractivity contribution in [2.45, 2.75) is 19.9 Å². The van der Waals surface area contributed by atoms with Gasteiger partial charge in [0.2, 0.25) is 5.91 Å². The van der Waals surface area contributed by atoms with E-state index in [9.17, 15) is 4.79 Å². The van der Waals surface area contributed by atoms with E-state index in [2.05, 4.69) is 40.4 Å². The molecule has 2 N–H and O–H groups in total. The third kappa shape index (κ3) is 5.34. The number of para-hydroxylation sites is 1. The van der Waals surface area contributed by atoms with Crippen LogP contribution in [0.15, 0.2) is 53.0 Å². The van der Waals surface area contributed by atoms with E-state index in [1.165, 1.54) is 0 Å². The third-order valence-corrected chi connectivity index (χ3v) is 4.47. The number of nitrogens with one attached hydrogen (secondary N) is 2. The van der Waals surface area contributed by atoms with E-state index in [0.717, 1.165) is 15.7 Å². The summed E-state index contributed by atoms with van der Waals surface area (Å²) in [5.74, 6) is 0.281. The predicted molar refractivity (Wildman–Crippen MR) is 99.8 cm³/mol. The largest absolute Gasteiger partial charge is 0.324 e.